The zero-order valence-corrected chi connectivity index (χ0v) is 12.1. The molecule has 3 nitrogen and oxygen atoms in total. The number of para-hydroxylation sites is 1. The van der Waals surface area contributed by atoms with Crippen molar-refractivity contribution in [2.24, 2.45) is 5.92 Å². The van der Waals surface area contributed by atoms with Crippen LogP contribution in [0.15, 0.2) is 18.2 Å². The number of aryl methyl sites for hydroxylation is 1. The van der Waals surface area contributed by atoms with Crippen LogP contribution < -0.4 is 10.6 Å². The molecule has 1 aromatic rings. The van der Waals surface area contributed by atoms with Gasteiger partial charge >= 0.3 is 0 Å². The van der Waals surface area contributed by atoms with Gasteiger partial charge in [-0.25, -0.2) is 0 Å². The Bertz CT molecular complexity index is 457. The lowest BCUT2D eigenvalue weighted by molar-refractivity contribution is 0.102. The number of benzene rings is 1. The van der Waals surface area contributed by atoms with Gasteiger partial charge in [0.2, 0.25) is 0 Å². The van der Waals surface area contributed by atoms with E-state index in [4.69, 9.17) is 5.73 Å². The molecule has 2 atom stereocenters. The van der Waals surface area contributed by atoms with E-state index in [1.807, 2.05) is 0 Å². The van der Waals surface area contributed by atoms with Crippen molar-refractivity contribution in [3.63, 3.8) is 0 Å². The Morgan fingerprint density at radius 1 is 1.21 bits per heavy atom. The number of piperidine rings is 2. The van der Waals surface area contributed by atoms with Gasteiger partial charge in [0.15, 0.2) is 0 Å². The van der Waals surface area contributed by atoms with E-state index in [0.717, 1.165) is 24.2 Å². The lowest BCUT2D eigenvalue weighted by Crippen LogP contribution is -2.52. The maximum Gasteiger partial charge on any atom is 0.0602 e. The number of likely N-dealkylation sites (tertiary alicyclic amines) is 1. The van der Waals surface area contributed by atoms with Gasteiger partial charge < -0.3 is 15.5 Å². The molecule has 104 valence electrons. The first-order valence-electron chi connectivity index (χ1n) is 7.47. The number of nitrogens with zero attached hydrogens (tertiary/aromatic N) is 2. The van der Waals surface area contributed by atoms with Crippen molar-refractivity contribution in [2.75, 3.05) is 37.3 Å². The average molecular weight is 259 g/mol. The van der Waals surface area contributed by atoms with E-state index in [0.29, 0.717) is 0 Å². The Morgan fingerprint density at radius 3 is 2.89 bits per heavy atom. The predicted molar refractivity (Wildman–Crippen MR) is 81.6 cm³/mol. The number of nitrogen functional groups attached to an aromatic ring is 1. The van der Waals surface area contributed by atoms with Crippen molar-refractivity contribution in [2.45, 2.75) is 32.2 Å². The maximum absolute atomic E-state index is 6.26. The van der Waals surface area contributed by atoms with E-state index in [1.54, 1.807) is 0 Å². The van der Waals surface area contributed by atoms with E-state index < -0.39 is 0 Å². The minimum atomic E-state index is 0.788. The number of nitrogens with two attached hydrogens (primary N) is 1. The smallest absolute Gasteiger partial charge is 0.0602 e. The number of anilines is 2. The molecule has 2 fully saturated rings. The topological polar surface area (TPSA) is 32.5 Å². The van der Waals surface area contributed by atoms with E-state index in [1.165, 1.54) is 43.6 Å². The van der Waals surface area contributed by atoms with E-state index in [9.17, 15) is 0 Å². The van der Waals surface area contributed by atoms with Gasteiger partial charge in [-0.3, -0.25) is 0 Å². The molecule has 0 aromatic heterocycles. The summed E-state index contributed by atoms with van der Waals surface area (Å²) in [6.07, 6.45) is 3.99. The monoisotopic (exact) mass is 259 g/mol. The minimum absolute atomic E-state index is 0.788. The van der Waals surface area contributed by atoms with Crippen LogP contribution in [0.2, 0.25) is 0 Å². The molecule has 2 aliphatic rings. The molecular formula is C16H25N3. The number of hydrogen-bond acceptors (Lipinski definition) is 3. The second kappa shape index (κ2) is 5.04. The first-order valence-corrected chi connectivity index (χ1v) is 7.47. The van der Waals surface area contributed by atoms with Crippen LogP contribution in [-0.2, 0) is 0 Å². The van der Waals surface area contributed by atoms with Gasteiger partial charge in [0.05, 0.1) is 11.4 Å². The second-order valence-electron chi connectivity index (χ2n) is 6.19. The average Bonchev–Trinajstić information content (AvgIpc) is 2.42. The standard InChI is InChI=1S/C16H25N3/c1-12-5-3-7-15(16(12)17)19-10-8-14-13(11-19)6-4-9-18(14)2/h3,5,7,13-14H,4,6,8-11,17H2,1-2H3. The van der Waals surface area contributed by atoms with Crippen molar-refractivity contribution in [3.05, 3.63) is 23.8 Å². The molecule has 2 heterocycles. The summed E-state index contributed by atoms with van der Waals surface area (Å²) in [5, 5.41) is 0. The van der Waals surface area contributed by atoms with Gasteiger partial charge in [-0.05, 0) is 57.3 Å². The Kier molecular flexibility index (Phi) is 3.40. The summed E-state index contributed by atoms with van der Waals surface area (Å²) in [5.74, 6) is 0.812. The number of rotatable bonds is 1. The summed E-state index contributed by atoms with van der Waals surface area (Å²) in [6, 6.07) is 7.19. The molecular weight excluding hydrogens is 234 g/mol. The molecule has 2 unspecified atom stereocenters. The van der Waals surface area contributed by atoms with Gasteiger partial charge in [-0.2, -0.15) is 0 Å². The van der Waals surface area contributed by atoms with Gasteiger partial charge in [-0.1, -0.05) is 12.1 Å². The van der Waals surface area contributed by atoms with Crippen LogP contribution in [0.3, 0.4) is 0 Å². The summed E-state index contributed by atoms with van der Waals surface area (Å²) >= 11 is 0. The third-order valence-electron chi connectivity index (χ3n) is 4.99. The van der Waals surface area contributed by atoms with Crippen LogP contribution in [0.4, 0.5) is 11.4 Å². The van der Waals surface area contributed by atoms with Crippen LogP contribution in [0.1, 0.15) is 24.8 Å². The third-order valence-corrected chi connectivity index (χ3v) is 4.99. The van der Waals surface area contributed by atoms with Crippen molar-refractivity contribution >= 4 is 11.4 Å². The molecule has 0 radical (unpaired) electrons. The Balaban J connectivity index is 1.79. The first-order chi connectivity index (χ1) is 9.16. The van der Waals surface area contributed by atoms with Crippen molar-refractivity contribution in [1.29, 1.82) is 0 Å². The summed E-state index contributed by atoms with van der Waals surface area (Å²) in [6.45, 7) is 5.68. The highest BCUT2D eigenvalue weighted by atomic mass is 15.2. The van der Waals surface area contributed by atoms with Crippen molar-refractivity contribution in [1.82, 2.24) is 4.90 Å². The molecule has 2 aliphatic heterocycles. The predicted octanol–water partition coefficient (Wildman–Crippen LogP) is 2.50. The number of hydrogen-bond donors (Lipinski definition) is 1. The van der Waals surface area contributed by atoms with E-state index in [2.05, 4.69) is 42.0 Å². The number of fused-ring (bicyclic) bond motifs is 1. The van der Waals surface area contributed by atoms with Gasteiger partial charge in [0, 0.05) is 19.1 Å². The van der Waals surface area contributed by atoms with Gasteiger partial charge in [-0.15, -0.1) is 0 Å². The SMILES string of the molecule is Cc1cccc(N2CCC3C(CCCN3C)C2)c1N. The molecule has 0 aliphatic carbocycles. The molecule has 0 spiro atoms. The molecule has 3 rings (SSSR count). The fourth-order valence-corrected chi connectivity index (χ4v) is 3.81. The molecule has 2 saturated heterocycles. The second-order valence-corrected chi connectivity index (χ2v) is 6.19. The summed E-state index contributed by atoms with van der Waals surface area (Å²) < 4.78 is 0. The molecule has 3 heteroatoms. The molecule has 2 N–H and O–H groups in total. The minimum Gasteiger partial charge on any atom is -0.397 e. The maximum atomic E-state index is 6.26. The Labute approximate surface area is 116 Å². The quantitative estimate of drug-likeness (QED) is 0.787. The third kappa shape index (κ3) is 2.32. The first kappa shape index (κ1) is 12.8. The highest BCUT2D eigenvalue weighted by Gasteiger charge is 2.34. The normalized spacial score (nSPS) is 28.2. The van der Waals surface area contributed by atoms with Crippen LogP contribution in [0, 0.1) is 12.8 Å². The summed E-state index contributed by atoms with van der Waals surface area (Å²) in [7, 11) is 2.29. The molecule has 0 saturated carbocycles. The fraction of sp³-hybridized carbons (Fsp3) is 0.625. The molecule has 19 heavy (non-hydrogen) atoms. The highest BCUT2D eigenvalue weighted by molar-refractivity contribution is 5.71. The zero-order chi connectivity index (χ0) is 13.4. The van der Waals surface area contributed by atoms with Crippen LogP contribution in [0.25, 0.3) is 0 Å². The van der Waals surface area contributed by atoms with Crippen molar-refractivity contribution in [3.8, 4) is 0 Å². The van der Waals surface area contributed by atoms with Crippen LogP contribution >= 0.6 is 0 Å². The van der Waals surface area contributed by atoms with Gasteiger partial charge in [0.1, 0.15) is 0 Å². The van der Waals surface area contributed by atoms with E-state index in [-0.39, 0.29) is 0 Å². The molecule has 0 amide bonds. The Morgan fingerprint density at radius 2 is 2.05 bits per heavy atom. The van der Waals surface area contributed by atoms with Gasteiger partial charge in [0.25, 0.3) is 0 Å². The highest BCUT2D eigenvalue weighted by Crippen LogP contribution is 2.34. The largest absolute Gasteiger partial charge is 0.397 e. The lowest BCUT2D eigenvalue weighted by atomic mass is 9.84. The Hall–Kier alpha value is -1.22. The van der Waals surface area contributed by atoms with E-state index >= 15 is 0 Å². The summed E-state index contributed by atoms with van der Waals surface area (Å²) in [4.78, 5) is 5.06. The molecule has 0 bridgehead atoms. The summed E-state index contributed by atoms with van der Waals surface area (Å²) in [5.41, 5.74) is 9.66. The van der Waals surface area contributed by atoms with Crippen LogP contribution in [0.5, 0.6) is 0 Å². The molecule has 1 aromatic carbocycles. The lowest BCUT2D eigenvalue weighted by Gasteiger charge is -2.46. The zero-order valence-electron chi connectivity index (χ0n) is 12.1. The van der Waals surface area contributed by atoms with Crippen molar-refractivity contribution < 1.29 is 0 Å². The fourth-order valence-electron chi connectivity index (χ4n) is 3.81. The van der Waals surface area contributed by atoms with Crippen LogP contribution in [-0.4, -0.2) is 37.6 Å².